The van der Waals surface area contributed by atoms with Gasteiger partial charge in [-0.1, -0.05) is 0 Å². The van der Waals surface area contributed by atoms with Crippen LogP contribution in [0.4, 0.5) is 0 Å². The van der Waals surface area contributed by atoms with Crippen molar-refractivity contribution < 1.29 is 14.6 Å². The first kappa shape index (κ1) is 19.2. The second-order valence-corrected chi connectivity index (χ2v) is 7.81. The standard InChI is InChI=1S/C19H28N6O3/c1-12-17(13(2)25-19(22-12)20-11-21-25)3-4-18(27)23-14-7-15-10-28-16(5-6-26)9-24(15)8-14/h11,14-16,26H,3-10H2,1-2H3,(H,23,27)/t14-,15+,16+/m1/s1. The summed E-state index contributed by atoms with van der Waals surface area (Å²) in [5, 5.41) is 16.5. The van der Waals surface area contributed by atoms with E-state index in [1.807, 2.05) is 13.8 Å². The molecule has 2 aromatic heterocycles. The summed E-state index contributed by atoms with van der Waals surface area (Å²) in [4.78, 5) is 23.5. The lowest BCUT2D eigenvalue weighted by Crippen LogP contribution is -2.46. The molecule has 2 saturated heterocycles. The van der Waals surface area contributed by atoms with E-state index in [0.717, 1.165) is 36.5 Å². The van der Waals surface area contributed by atoms with Gasteiger partial charge in [-0.2, -0.15) is 10.1 Å². The topological polar surface area (TPSA) is 105 Å². The second-order valence-electron chi connectivity index (χ2n) is 7.81. The van der Waals surface area contributed by atoms with Gasteiger partial charge in [0, 0.05) is 49.6 Å². The van der Waals surface area contributed by atoms with Crippen LogP contribution in [0.1, 0.15) is 36.2 Å². The number of aryl methyl sites for hydroxylation is 2. The summed E-state index contributed by atoms with van der Waals surface area (Å²) in [6, 6.07) is 0.524. The predicted octanol–water partition coefficient (Wildman–Crippen LogP) is 0.0140. The maximum atomic E-state index is 12.5. The summed E-state index contributed by atoms with van der Waals surface area (Å²) in [6.45, 7) is 6.45. The monoisotopic (exact) mass is 388 g/mol. The Hall–Kier alpha value is -2.10. The molecular weight excluding hydrogens is 360 g/mol. The molecule has 9 nitrogen and oxygen atoms in total. The van der Waals surface area contributed by atoms with Crippen LogP contribution in [0.3, 0.4) is 0 Å². The van der Waals surface area contributed by atoms with Gasteiger partial charge in [0.1, 0.15) is 6.33 Å². The van der Waals surface area contributed by atoms with Crippen LogP contribution in [0, 0.1) is 13.8 Å². The number of carbonyl (C=O) groups excluding carboxylic acids is 1. The number of carbonyl (C=O) groups is 1. The minimum atomic E-state index is 0.0650. The molecule has 0 bridgehead atoms. The van der Waals surface area contributed by atoms with Crippen LogP contribution >= 0.6 is 0 Å². The van der Waals surface area contributed by atoms with E-state index in [9.17, 15) is 4.79 Å². The number of rotatable bonds is 6. The van der Waals surface area contributed by atoms with Gasteiger partial charge in [-0.25, -0.2) is 9.50 Å². The Morgan fingerprint density at radius 2 is 2.25 bits per heavy atom. The van der Waals surface area contributed by atoms with Crippen LogP contribution in [-0.4, -0.2) is 80.0 Å². The molecule has 1 amide bonds. The Bertz CT molecular complexity index is 854. The van der Waals surface area contributed by atoms with Crippen molar-refractivity contribution in [1.82, 2.24) is 29.8 Å². The first-order valence-corrected chi connectivity index (χ1v) is 9.97. The molecule has 2 aliphatic heterocycles. The maximum Gasteiger partial charge on any atom is 0.252 e. The van der Waals surface area contributed by atoms with E-state index >= 15 is 0 Å². The highest BCUT2D eigenvalue weighted by molar-refractivity contribution is 5.76. The summed E-state index contributed by atoms with van der Waals surface area (Å²) in [6.07, 6.45) is 4.24. The van der Waals surface area contributed by atoms with E-state index < -0.39 is 0 Å². The number of ether oxygens (including phenoxy) is 1. The molecule has 0 saturated carbocycles. The Morgan fingerprint density at radius 3 is 3.07 bits per heavy atom. The first-order chi connectivity index (χ1) is 13.5. The van der Waals surface area contributed by atoms with Crippen molar-refractivity contribution in [1.29, 1.82) is 0 Å². The van der Waals surface area contributed by atoms with Gasteiger partial charge in [0.15, 0.2) is 0 Å². The molecule has 2 aromatic rings. The fraction of sp³-hybridized carbons (Fsp3) is 0.684. The van der Waals surface area contributed by atoms with Crippen molar-refractivity contribution in [3.05, 3.63) is 23.3 Å². The van der Waals surface area contributed by atoms with Crippen LogP contribution in [-0.2, 0) is 16.0 Å². The molecule has 4 heterocycles. The normalized spacial score (nSPS) is 25.2. The molecule has 0 aromatic carbocycles. The van der Waals surface area contributed by atoms with Crippen molar-refractivity contribution in [2.75, 3.05) is 26.3 Å². The fourth-order valence-corrected chi connectivity index (χ4v) is 4.42. The number of aromatic nitrogens is 4. The number of nitrogens with zero attached hydrogens (tertiary/aromatic N) is 5. The average Bonchev–Trinajstić information content (AvgIpc) is 3.27. The lowest BCUT2D eigenvalue weighted by Gasteiger charge is -2.34. The van der Waals surface area contributed by atoms with Crippen LogP contribution in [0.2, 0.25) is 0 Å². The number of aliphatic hydroxyl groups is 1. The highest BCUT2D eigenvalue weighted by atomic mass is 16.5. The number of hydrogen-bond donors (Lipinski definition) is 2. The largest absolute Gasteiger partial charge is 0.396 e. The van der Waals surface area contributed by atoms with Gasteiger partial charge in [0.2, 0.25) is 5.91 Å². The van der Waals surface area contributed by atoms with Gasteiger partial charge >= 0.3 is 0 Å². The Balaban J connectivity index is 1.31. The smallest absolute Gasteiger partial charge is 0.252 e. The minimum Gasteiger partial charge on any atom is -0.396 e. The van der Waals surface area contributed by atoms with Gasteiger partial charge in [-0.05, 0) is 38.7 Å². The van der Waals surface area contributed by atoms with E-state index in [0.29, 0.717) is 37.7 Å². The third-order valence-electron chi connectivity index (χ3n) is 5.90. The molecular formula is C19H28N6O3. The van der Waals surface area contributed by atoms with Crippen molar-refractivity contribution in [2.45, 2.75) is 57.7 Å². The van der Waals surface area contributed by atoms with Gasteiger partial charge in [0.25, 0.3) is 5.78 Å². The third-order valence-corrected chi connectivity index (χ3v) is 5.90. The van der Waals surface area contributed by atoms with Crippen LogP contribution < -0.4 is 5.32 Å². The van der Waals surface area contributed by atoms with E-state index in [1.165, 1.54) is 6.33 Å². The highest BCUT2D eigenvalue weighted by Crippen LogP contribution is 2.24. The van der Waals surface area contributed by atoms with Gasteiger partial charge < -0.3 is 15.2 Å². The molecule has 0 aliphatic carbocycles. The summed E-state index contributed by atoms with van der Waals surface area (Å²) < 4.78 is 7.53. The molecule has 4 rings (SSSR count). The number of aliphatic hydroxyl groups excluding tert-OH is 1. The number of fused-ring (bicyclic) bond motifs is 2. The average molecular weight is 388 g/mol. The number of morpholine rings is 1. The van der Waals surface area contributed by atoms with Gasteiger partial charge in [-0.15, -0.1) is 0 Å². The molecule has 2 fully saturated rings. The molecule has 3 atom stereocenters. The first-order valence-electron chi connectivity index (χ1n) is 9.97. The van der Waals surface area contributed by atoms with Gasteiger partial charge in [-0.3, -0.25) is 9.69 Å². The van der Waals surface area contributed by atoms with E-state index in [1.54, 1.807) is 4.52 Å². The molecule has 152 valence electrons. The summed E-state index contributed by atoms with van der Waals surface area (Å²) in [5.74, 6) is 0.655. The highest BCUT2D eigenvalue weighted by Gasteiger charge is 2.37. The fourth-order valence-electron chi connectivity index (χ4n) is 4.42. The quantitative estimate of drug-likeness (QED) is 0.718. The lowest BCUT2D eigenvalue weighted by molar-refractivity contribution is -0.121. The molecule has 28 heavy (non-hydrogen) atoms. The molecule has 9 heteroatoms. The summed E-state index contributed by atoms with van der Waals surface area (Å²) in [7, 11) is 0. The maximum absolute atomic E-state index is 12.5. The van der Waals surface area contributed by atoms with Crippen molar-refractivity contribution in [2.24, 2.45) is 0 Å². The number of hydrogen-bond acceptors (Lipinski definition) is 7. The SMILES string of the molecule is Cc1nc2ncnn2c(C)c1CCC(=O)N[C@@H]1C[C@H]2CO[C@@H](CCO)CN2C1. The predicted molar refractivity (Wildman–Crippen MR) is 102 cm³/mol. The van der Waals surface area contributed by atoms with E-state index in [4.69, 9.17) is 9.84 Å². The Labute approximate surface area is 164 Å². The van der Waals surface area contributed by atoms with Crippen LogP contribution in [0.5, 0.6) is 0 Å². The van der Waals surface area contributed by atoms with Gasteiger partial charge in [0.05, 0.1) is 12.7 Å². The Kier molecular flexibility index (Phi) is 5.56. The zero-order valence-corrected chi connectivity index (χ0v) is 16.5. The minimum absolute atomic E-state index is 0.0650. The van der Waals surface area contributed by atoms with Crippen LogP contribution in [0.15, 0.2) is 6.33 Å². The molecule has 0 spiro atoms. The summed E-state index contributed by atoms with van der Waals surface area (Å²) in [5.41, 5.74) is 2.94. The van der Waals surface area contributed by atoms with E-state index in [2.05, 4.69) is 25.3 Å². The van der Waals surface area contributed by atoms with E-state index in [-0.39, 0.29) is 24.7 Å². The molecule has 2 N–H and O–H groups in total. The zero-order valence-electron chi connectivity index (χ0n) is 16.5. The second kappa shape index (κ2) is 8.10. The summed E-state index contributed by atoms with van der Waals surface area (Å²) >= 11 is 0. The number of amides is 1. The Morgan fingerprint density at radius 1 is 1.39 bits per heavy atom. The third kappa shape index (κ3) is 3.87. The lowest BCUT2D eigenvalue weighted by atomic mass is 10.1. The van der Waals surface area contributed by atoms with Crippen molar-refractivity contribution >= 4 is 11.7 Å². The van der Waals surface area contributed by atoms with Crippen LogP contribution in [0.25, 0.3) is 5.78 Å². The zero-order chi connectivity index (χ0) is 19.7. The number of nitrogens with one attached hydrogen (secondary N) is 1. The molecule has 0 unspecified atom stereocenters. The van der Waals surface area contributed by atoms with Crippen molar-refractivity contribution in [3.8, 4) is 0 Å². The van der Waals surface area contributed by atoms with Crippen molar-refractivity contribution in [3.63, 3.8) is 0 Å². The molecule has 0 radical (unpaired) electrons. The molecule has 2 aliphatic rings.